The van der Waals surface area contributed by atoms with Crippen LogP contribution in [0.5, 0.6) is 6.01 Å². The van der Waals surface area contributed by atoms with Crippen molar-refractivity contribution >= 4 is 15.9 Å². The van der Waals surface area contributed by atoms with Crippen LogP contribution in [0.15, 0.2) is 6.20 Å². The van der Waals surface area contributed by atoms with Crippen LogP contribution in [0.4, 0.5) is 0 Å². The number of nitrogens with zero attached hydrogens (tertiary/aromatic N) is 1. The molecule has 1 aromatic rings. The van der Waals surface area contributed by atoms with Crippen molar-refractivity contribution in [3.8, 4) is 6.01 Å². The number of aromatic hydroxyl groups is 1. The summed E-state index contributed by atoms with van der Waals surface area (Å²) in [5, 5.41) is 9.58. The molecule has 0 aromatic carbocycles. The van der Waals surface area contributed by atoms with Crippen molar-refractivity contribution in [3.05, 3.63) is 11.9 Å². The van der Waals surface area contributed by atoms with Crippen LogP contribution in [0.2, 0.25) is 0 Å². The second kappa shape index (κ2) is 2.87. The Morgan fingerprint density at radius 1 is 1.78 bits per heavy atom. The summed E-state index contributed by atoms with van der Waals surface area (Å²) in [5.41, 5.74) is 0.948. The molecular formula is C5H7BrN2O. The van der Waals surface area contributed by atoms with E-state index in [1.54, 1.807) is 6.20 Å². The molecule has 1 aromatic heterocycles. The van der Waals surface area contributed by atoms with Crippen LogP contribution in [0, 0.1) is 0 Å². The van der Waals surface area contributed by atoms with Gasteiger partial charge in [0.15, 0.2) is 0 Å². The van der Waals surface area contributed by atoms with Gasteiger partial charge < -0.3 is 10.1 Å². The zero-order chi connectivity index (χ0) is 6.69. The molecule has 0 aliphatic rings. The van der Waals surface area contributed by atoms with Gasteiger partial charge in [-0.15, -0.1) is 0 Å². The van der Waals surface area contributed by atoms with E-state index in [1.165, 1.54) is 0 Å². The van der Waals surface area contributed by atoms with Gasteiger partial charge in [0, 0.05) is 11.0 Å². The van der Waals surface area contributed by atoms with Crippen LogP contribution in [-0.2, 0) is 6.42 Å². The van der Waals surface area contributed by atoms with Crippen LogP contribution in [-0.4, -0.2) is 20.4 Å². The van der Waals surface area contributed by atoms with Crippen molar-refractivity contribution in [2.75, 3.05) is 5.33 Å². The second-order valence-electron chi connectivity index (χ2n) is 1.67. The molecule has 0 amide bonds. The molecule has 0 fully saturated rings. The van der Waals surface area contributed by atoms with E-state index >= 15 is 0 Å². The van der Waals surface area contributed by atoms with Gasteiger partial charge in [-0.2, -0.15) is 0 Å². The topological polar surface area (TPSA) is 48.9 Å². The maximum Gasteiger partial charge on any atom is 0.291 e. The van der Waals surface area contributed by atoms with Crippen molar-refractivity contribution in [1.82, 2.24) is 9.97 Å². The van der Waals surface area contributed by atoms with E-state index < -0.39 is 0 Å². The van der Waals surface area contributed by atoms with Gasteiger partial charge in [-0.25, -0.2) is 4.98 Å². The fourth-order valence-corrected chi connectivity index (χ4v) is 1.00. The molecule has 0 spiro atoms. The summed E-state index contributed by atoms with van der Waals surface area (Å²) in [6.45, 7) is 0. The lowest BCUT2D eigenvalue weighted by atomic mass is 10.4. The Morgan fingerprint density at radius 3 is 3.00 bits per heavy atom. The number of H-pyrrole nitrogens is 1. The number of halogens is 1. The minimum Gasteiger partial charge on any atom is -0.480 e. The van der Waals surface area contributed by atoms with E-state index in [9.17, 15) is 0 Å². The molecule has 4 heteroatoms. The third-order valence-corrected chi connectivity index (χ3v) is 1.38. The number of hydrogen-bond donors (Lipinski definition) is 2. The lowest BCUT2D eigenvalue weighted by molar-refractivity contribution is 0.436. The fraction of sp³-hybridized carbons (Fsp3) is 0.400. The van der Waals surface area contributed by atoms with Gasteiger partial charge >= 0.3 is 0 Å². The molecule has 9 heavy (non-hydrogen) atoms. The van der Waals surface area contributed by atoms with Crippen molar-refractivity contribution in [2.24, 2.45) is 0 Å². The molecule has 1 rings (SSSR count). The van der Waals surface area contributed by atoms with Crippen LogP contribution in [0.1, 0.15) is 5.69 Å². The molecule has 3 nitrogen and oxygen atoms in total. The van der Waals surface area contributed by atoms with Crippen molar-refractivity contribution < 1.29 is 5.11 Å². The predicted molar refractivity (Wildman–Crippen MR) is 37.8 cm³/mol. The molecule has 0 atom stereocenters. The Hall–Kier alpha value is -0.510. The lowest BCUT2D eigenvalue weighted by Crippen LogP contribution is -1.83. The van der Waals surface area contributed by atoms with Gasteiger partial charge in [-0.3, -0.25) is 0 Å². The molecule has 0 aliphatic carbocycles. The Labute approximate surface area is 61.3 Å². The molecule has 0 saturated heterocycles. The van der Waals surface area contributed by atoms with Gasteiger partial charge in [-0.1, -0.05) is 15.9 Å². The van der Waals surface area contributed by atoms with E-state index in [2.05, 4.69) is 25.9 Å². The van der Waals surface area contributed by atoms with Gasteiger partial charge in [0.2, 0.25) is 0 Å². The van der Waals surface area contributed by atoms with Gasteiger partial charge in [0.05, 0.1) is 6.20 Å². The Kier molecular flexibility index (Phi) is 2.10. The molecule has 0 radical (unpaired) electrons. The molecule has 2 N–H and O–H groups in total. The van der Waals surface area contributed by atoms with E-state index in [1.807, 2.05) is 0 Å². The van der Waals surface area contributed by atoms with E-state index in [-0.39, 0.29) is 6.01 Å². The van der Waals surface area contributed by atoms with Crippen LogP contribution in [0.3, 0.4) is 0 Å². The zero-order valence-electron chi connectivity index (χ0n) is 4.76. The summed E-state index contributed by atoms with van der Waals surface area (Å²) in [6.07, 6.45) is 2.49. The van der Waals surface area contributed by atoms with Crippen molar-refractivity contribution in [2.45, 2.75) is 6.42 Å². The first-order valence-corrected chi connectivity index (χ1v) is 3.74. The summed E-state index contributed by atoms with van der Waals surface area (Å²) < 4.78 is 0. The minimum atomic E-state index is -0.00838. The highest BCUT2D eigenvalue weighted by Crippen LogP contribution is 2.03. The summed E-state index contributed by atoms with van der Waals surface area (Å²) in [5.74, 6) is 0. The average Bonchev–Trinajstić information content (AvgIpc) is 2.17. The number of aryl methyl sites for hydroxylation is 1. The molecule has 0 aliphatic heterocycles. The van der Waals surface area contributed by atoms with E-state index in [0.717, 1.165) is 17.4 Å². The normalized spacial score (nSPS) is 9.89. The lowest BCUT2D eigenvalue weighted by Gasteiger charge is -1.85. The van der Waals surface area contributed by atoms with Crippen LogP contribution >= 0.6 is 15.9 Å². The zero-order valence-corrected chi connectivity index (χ0v) is 6.35. The molecule has 0 bridgehead atoms. The summed E-state index contributed by atoms with van der Waals surface area (Å²) >= 11 is 3.27. The summed E-state index contributed by atoms with van der Waals surface area (Å²) in [7, 11) is 0. The molecule has 50 valence electrons. The monoisotopic (exact) mass is 190 g/mol. The number of rotatable bonds is 2. The molecule has 0 saturated carbocycles. The number of nitrogens with one attached hydrogen (secondary N) is 1. The second-order valence-corrected chi connectivity index (χ2v) is 2.46. The smallest absolute Gasteiger partial charge is 0.291 e. The van der Waals surface area contributed by atoms with Crippen molar-refractivity contribution in [3.63, 3.8) is 0 Å². The van der Waals surface area contributed by atoms with E-state index in [0.29, 0.717) is 0 Å². The quantitative estimate of drug-likeness (QED) is 0.686. The largest absolute Gasteiger partial charge is 0.480 e. The SMILES string of the molecule is Oc1ncc(CCBr)[nH]1. The first-order chi connectivity index (χ1) is 4.33. The van der Waals surface area contributed by atoms with Gasteiger partial charge in [0.1, 0.15) is 0 Å². The third kappa shape index (κ3) is 1.71. The highest BCUT2D eigenvalue weighted by Gasteiger charge is 1.94. The molecule has 0 unspecified atom stereocenters. The molecule has 1 heterocycles. The maximum absolute atomic E-state index is 8.70. The summed E-state index contributed by atoms with van der Waals surface area (Å²) in [6, 6.07) is -0.00838. The van der Waals surface area contributed by atoms with Crippen LogP contribution < -0.4 is 0 Å². The fourth-order valence-electron chi connectivity index (χ4n) is 0.576. The number of imidazole rings is 1. The van der Waals surface area contributed by atoms with E-state index in [4.69, 9.17) is 5.11 Å². The third-order valence-electron chi connectivity index (χ3n) is 0.979. The van der Waals surface area contributed by atoms with Crippen molar-refractivity contribution in [1.29, 1.82) is 0 Å². The number of aromatic amines is 1. The summed E-state index contributed by atoms with van der Waals surface area (Å²) in [4.78, 5) is 6.31. The van der Waals surface area contributed by atoms with Gasteiger partial charge in [0.25, 0.3) is 6.01 Å². The minimum absolute atomic E-state index is 0.00838. The van der Waals surface area contributed by atoms with Crippen LogP contribution in [0.25, 0.3) is 0 Å². The first-order valence-electron chi connectivity index (χ1n) is 2.61. The highest BCUT2D eigenvalue weighted by atomic mass is 79.9. The van der Waals surface area contributed by atoms with Gasteiger partial charge in [-0.05, 0) is 6.42 Å². The molecular weight excluding hydrogens is 184 g/mol. The Bertz CT molecular complexity index is 187. The predicted octanol–water partition coefficient (Wildman–Crippen LogP) is 1.05. The number of alkyl halides is 1. The average molecular weight is 191 g/mol. The Morgan fingerprint density at radius 2 is 2.56 bits per heavy atom. The number of hydrogen-bond acceptors (Lipinski definition) is 2. The highest BCUT2D eigenvalue weighted by molar-refractivity contribution is 9.09. The first kappa shape index (κ1) is 6.61. The number of aromatic nitrogens is 2. The maximum atomic E-state index is 8.70. The standard InChI is InChI=1S/C5H7BrN2O/c6-2-1-4-3-7-5(9)8-4/h3H,1-2H2,(H2,7,8,9). The Balaban J connectivity index is 2.61.